The van der Waals surface area contributed by atoms with Crippen molar-refractivity contribution in [3.63, 3.8) is 0 Å². The molecular weight excluding hydrogens is 284 g/mol. The molecule has 0 radical (unpaired) electrons. The van der Waals surface area contributed by atoms with Crippen molar-refractivity contribution in [1.29, 1.82) is 0 Å². The van der Waals surface area contributed by atoms with Crippen LogP contribution in [-0.2, 0) is 13.1 Å². The lowest BCUT2D eigenvalue weighted by Gasteiger charge is -2.32. The molecule has 1 aromatic carbocycles. The summed E-state index contributed by atoms with van der Waals surface area (Å²) in [7, 11) is 0. The van der Waals surface area contributed by atoms with Gasteiger partial charge in [-0.25, -0.2) is 0 Å². The van der Waals surface area contributed by atoms with Crippen LogP contribution in [0.25, 0.3) is 0 Å². The zero-order valence-corrected chi connectivity index (χ0v) is 13.7. The van der Waals surface area contributed by atoms with E-state index in [0.717, 1.165) is 19.1 Å². The van der Waals surface area contributed by atoms with Gasteiger partial charge < -0.3 is 10.2 Å². The summed E-state index contributed by atoms with van der Waals surface area (Å²) in [6, 6.07) is 12.4. The standard InChI is InChI=1S/C19H26N4/c1-3-16(13-17(4-1)15-23-10-2-9-21-23)14-20-18-7-11-22(12-8-18)19-5-6-19/h1-4,9-10,13,18-20H,5-8,11-12,14-15H2. The molecule has 4 heteroatoms. The number of aromatic nitrogens is 2. The molecule has 0 atom stereocenters. The minimum Gasteiger partial charge on any atom is -0.310 e. The summed E-state index contributed by atoms with van der Waals surface area (Å²) in [6.45, 7) is 4.38. The second-order valence-electron chi connectivity index (χ2n) is 6.95. The summed E-state index contributed by atoms with van der Waals surface area (Å²) < 4.78 is 1.97. The molecule has 1 aliphatic heterocycles. The molecule has 1 saturated carbocycles. The lowest BCUT2D eigenvalue weighted by atomic mass is 10.0. The number of hydrogen-bond acceptors (Lipinski definition) is 3. The molecule has 1 N–H and O–H groups in total. The Morgan fingerprint density at radius 1 is 1.04 bits per heavy atom. The first-order valence-electron chi connectivity index (χ1n) is 8.89. The van der Waals surface area contributed by atoms with Crippen LogP contribution in [0.4, 0.5) is 0 Å². The highest BCUT2D eigenvalue weighted by atomic mass is 15.3. The normalized spacial score (nSPS) is 20.0. The van der Waals surface area contributed by atoms with Crippen LogP contribution in [0.2, 0.25) is 0 Å². The summed E-state index contributed by atoms with van der Waals surface area (Å²) in [6.07, 6.45) is 9.30. The van der Waals surface area contributed by atoms with Crippen molar-refractivity contribution < 1.29 is 0 Å². The van der Waals surface area contributed by atoms with Gasteiger partial charge in [-0.15, -0.1) is 0 Å². The number of likely N-dealkylation sites (tertiary alicyclic amines) is 1. The van der Waals surface area contributed by atoms with E-state index in [1.54, 1.807) is 0 Å². The smallest absolute Gasteiger partial charge is 0.0659 e. The van der Waals surface area contributed by atoms with Gasteiger partial charge in [-0.1, -0.05) is 24.3 Å². The highest BCUT2D eigenvalue weighted by Crippen LogP contribution is 2.29. The molecule has 0 spiro atoms. The van der Waals surface area contributed by atoms with E-state index in [1.165, 1.54) is 49.9 Å². The van der Waals surface area contributed by atoms with Gasteiger partial charge >= 0.3 is 0 Å². The molecular formula is C19H26N4. The number of hydrogen-bond donors (Lipinski definition) is 1. The Hall–Kier alpha value is -1.65. The van der Waals surface area contributed by atoms with Gasteiger partial charge in [-0.2, -0.15) is 5.10 Å². The lowest BCUT2D eigenvalue weighted by Crippen LogP contribution is -2.43. The second-order valence-corrected chi connectivity index (χ2v) is 6.95. The van der Waals surface area contributed by atoms with E-state index in [-0.39, 0.29) is 0 Å². The quantitative estimate of drug-likeness (QED) is 0.890. The Labute approximate surface area is 138 Å². The van der Waals surface area contributed by atoms with Gasteiger partial charge in [0.15, 0.2) is 0 Å². The van der Waals surface area contributed by atoms with Crippen molar-refractivity contribution in [1.82, 2.24) is 20.0 Å². The zero-order valence-electron chi connectivity index (χ0n) is 13.7. The highest BCUT2D eigenvalue weighted by Gasteiger charge is 2.31. The van der Waals surface area contributed by atoms with Crippen LogP contribution in [-0.4, -0.2) is 39.9 Å². The molecule has 4 nitrogen and oxygen atoms in total. The Balaban J connectivity index is 1.27. The molecule has 2 fully saturated rings. The minimum absolute atomic E-state index is 0.680. The SMILES string of the molecule is c1cc(CNC2CCN(C3CC3)CC2)cc(Cn2cccn2)c1. The number of benzene rings is 1. The van der Waals surface area contributed by atoms with E-state index in [4.69, 9.17) is 0 Å². The van der Waals surface area contributed by atoms with E-state index >= 15 is 0 Å². The summed E-state index contributed by atoms with van der Waals surface area (Å²) >= 11 is 0. The number of nitrogens with zero attached hydrogens (tertiary/aromatic N) is 3. The zero-order chi connectivity index (χ0) is 15.5. The van der Waals surface area contributed by atoms with Crippen molar-refractivity contribution >= 4 is 0 Å². The predicted octanol–water partition coefficient (Wildman–Crippen LogP) is 2.65. The molecule has 0 bridgehead atoms. The van der Waals surface area contributed by atoms with Crippen LogP contribution in [0.5, 0.6) is 0 Å². The fourth-order valence-corrected chi connectivity index (χ4v) is 3.59. The largest absolute Gasteiger partial charge is 0.310 e. The third-order valence-corrected chi connectivity index (χ3v) is 5.08. The first kappa shape index (κ1) is 14.9. The van der Waals surface area contributed by atoms with Gasteiger partial charge in [0.05, 0.1) is 6.54 Å². The van der Waals surface area contributed by atoms with Crippen molar-refractivity contribution in [2.24, 2.45) is 0 Å². The van der Waals surface area contributed by atoms with Gasteiger partial charge in [0.1, 0.15) is 0 Å². The molecule has 0 amide bonds. The third-order valence-electron chi connectivity index (χ3n) is 5.08. The molecule has 1 aromatic heterocycles. The van der Waals surface area contributed by atoms with Crippen LogP contribution in [0, 0.1) is 0 Å². The summed E-state index contributed by atoms with van der Waals surface area (Å²) in [5.74, 6) is 0. The van der Waals surface area contributed by atoms with Crippen molar-refractivity contribution in [2.45, 2.75) is 50.9 Å². The second kappa shape index (κ2) is 6.85. The molecule has 0 unspecified atom stereocenters. The highest BCUT2D eigenvalue weighted by molar-refractivity contribution is 5.23. The maximum Gasteiger partial charge on any atom is 0.0659 e. The van der Waals surface area contributed by atoms with E-state index in [2.05, 4.69) is 39.6 Å². The van der Waals surface area contributed by atoms with Crippen LogP contribution < -0.4 is 5.32 Å². The molecule has 1 saturated heterocycles. The van der Waals surface area contributed by atoms with Crippen molar-refractivity contribution in [3.05, 3.63) is 53.9 Å². The van der Waals surface area contributed by atoms with Gasteiger partial charge in [0.25, 0.3) is 0 Å². The lowest BCUT2D eigenvalue weighted by molar-refractivity contribution is 0.189. The van der Waals surface area contributed by atoms with Gasteiger partial charge in [-0.3, -0.25) is 4.68 Å². The molecule has 2 aromatic rings. The summed E-state index contributed by atoms with van der Waals surface area (Å²) in [5.41, 5.74) is 2.69. The first-order valence-corrected chi connectivity index (χ1v) is 8.89. The van der Waals surface area contributed by atoms with E-state index < -0.39 is 0 Å². The fourth-order valence-electron chi connectivity index (χ4n) is 3.59. The maximum atomic E-state index is 4.28. The van der Waals surface area contributed by atoms with E-state index in [1.807, 2.05) is 23.1 Å². The maximum absolute atomic E-state index is 4.28. The molecule has 1 aliphatic carbocycles. The monoisotopic (exact) mass is 310 g/mol. The number of rotatable bonds is 6. The van der Waals surface area contributed by atoms with Gasteiger partial charge in [0.2, 0.25) is 0 Å². The van der Waals surface area contributed by atoms with Crippen molar-refractivity contribution in [2.75, 3.05) is 13.1 Å². The Morgan fingerprint density at radius 2 is 1.87 bits per heavy atom. The van der Waals surface area contributed by atoms with Crippen LogP contribution in [0.1, 0.15) is 36.8 Å². The van der Waals surface area contributed by atoms with E-state index in [0.29, 0.717) is 6.04 Å². The molecule has 4 rings (SSSR count). The van der Waals surface area contributed by atoms with Crippen LogP contribution >= 0.6 is 0 Å². The van der Waals surface area contributed by atoms with Gasteiger partial charge in [-0.05, 0) is 56.0 Å². The topological polar surface area (TPSA) is 33.1 Å². The number of piperidine rings is 1. The first-order chi connectivity index (χ1) is 11.4. The Kier molecular flexibility index (Phi) is 4.44. The fraction of sp³-hybridized carbons (Fsp3) is 0.526. The van der Waals surface area contributed by atoms with Crippen molar-refractivity contribution in [3.8, 4) is 0 Å². The third kappa shape index (κ3) is 4.01. The Morgan fingerprint density at radius 3 is 2.61 bits per heavy atom. The predicted molar refractivity (Wildman–Crippen MR) is 92.2 cm³/mol. The molecule has 23 heavy (non-hydrogen) atoms. The average Bonchev–Trinajstić information content (AvgIpc) is 3.32. The minimum atomic E-state index is 0.680. The van der Waals surface area contributed by atoms with E-state index in [9.17, 15) is 0 Å². The van der Waals surface area contributed by atoms with Gasteiger partial charge in [0, 0.05) is 31.0 Å². The molecule has 2 heterocycles. The molecule has 122 valence electrons. The molecule has 2 aliphatic rings. The Bertz CT molecular complexity index is 610. The van der Waals surface area contributed by atoms with Crippen LogP contribution in [0.15, 0.2) is 42.7 Å². The number of nitrogens with one attached hydrogen (secondary N) is 1. The summed E-state index contributed by atoms with van der Waals surface area (Å²) in [4.78, 5) is 2.68. The average molecular weight is 310 g/mol. The van der Waals surface area contributed by atoms with Crippen LogP contribution in [0.3, 0.4) is 0 Å². The summed E-state index contributed by atoms with van der Waals surface area (Å²) in [5, 5.41) is 8.04.